The fourth-order valence-electron chi connectivity index (χ4n) is 3.97. The summed E-state index contributed by atoms with van der Waals surface area (Å²) < 4.78 is 10.5. The molecule has 0 aliphatic rings. The number of benzene rings is 2. The smallest absolute Gasteiger partial charge is 0.408 e. The zero-order valence-corrected chi connectivity index (χ0v) is 24.0. The van der Waals surface area contributed by atoms with Crippen LogP contribution in [0, 0.1) is 13.8 Å². The molecule has 2 aromatic carbocycles. The number of nitrogens with zero attached hydrogens (tertiary/aromatic N) is 1. The van der Waals surface area contributed by atoms with E-state index in [1.54, 1.807) is 72.1 Å². The molecular weight excluding hydrogens is 500 g/mol. The van der Waals surface area contributed by atoms with Crippen molar-refractivity contribution in [2.45, 2.75) is 78.6 Å². The molecule has 0 saturated carbocycles. The first-order chi connectivity index (χ1) is 18.1. The molecular formula is C29H40N4O6. The average molecular weight is 541 g/mol. The molecule has 10 heteroatoms. The van der Waals surface area contributed by atoms with Crippen molar-refractivity contribution >= 4 is 29.5 Å². The number of carbonyl (C=O) groups excluding carboxylic acids is 4. The summed E-state index contributed by atoms with van der Waals surface area (Å²) in [6.07, 6.45) is -1.35. The van der Waals surface area contributed by atoms with Crippen molar-refractivity contribution < 1.29 is 28.7 Å². The van der Waals surface area contributed by atoms with Gasteiger partial charge >= 0.3 is 6.09 Å². The lowest BCUT2D eigenvalue weighted by Gasteiger charge is -2.37. The van der Waals surface area contributed by atoms with E-state index in [4.69, 9.17) is 15.2 Å². The van der Waals surface area contributed by atoms with Gasteiger partial charge in [0.25, 0.3) is 5.91 Å². The van der Waals surface area contributed by atoms with E-state index in [-0.39, 0.29) is 0 Å². The summed E-state index contributed by atoms with van der Waals surface area (Å²) >= 11 is 0. The monoisotopic (exact) mass is 540 g/mol. The Morgan fingerprint density at radius 1 is 0.974 bits per heavy atom. The molecule has 0 fully saturated rings. The fourth-order valence-corrected chi connectivity index (χ4v) is 3.97. The molecule has 2 unspecified atom stereocenters. The number of nitrogens with two attached hydrogens (primary N) is 1. The number of carbonyl (C=O) groups is 4. The Hall–Kier alpha value is -4.08. The predicted octanol–water partition coefficient (Wildman–Crippen LogP) is 4.00. The maximum absolute atomic E-state index is 14.0. The van der Waals surface area contributed by atoms with Crippen LogP contribution in [0.2, 0.25) is 0 Å². The molecule has 0 aliphatic carbocycles. The molecule has 4 amide bonds. The lowest BCUT2D eigenvalue weighted by molar-refractivity contribution is -0.143. The molecule has 0 radical (unpaired) electrons. The van der Waals surface area contributed by atoms with Crippen molar-refractivity contribution in [3.63, 3.8) is 0 Å². The highest BCUT2D eigenvalue weighted by molar-refractivity contribution is 6.00. The standard InChI is InChI=1S/C29H40N4O6/c1-17(2)33(27(36)23(16-24(30)34)32-28(37)39-29(5,6)7)25(20-10-9-18(3)19(4)15-20)26(35)31-21-11-13-22(38-8)14-12-21/h9-15,17,23,25H,16H2,1-8H3,(H2,30,34)(H,31,35)(H,32,37). The van der Waals surface area contributed by atoms with Gasteiger partial charge in [-0.3, -0.25) is 14.4 Å². The first-order valence-corrected chi connectivity index (χ1v) is 12.7. The van der Waals surface area contributed by atoms with Crippen molar-refractivity contribution in [3.8, 4) is 5.75 Å². The van der Waals surface area contributed by atoms with Crippen LogP contribution in [0.1, 0.15) is 63.8 Å². The third kappa shape index (κ3) is 9.01. The molecule has 4 N–H and O–H groups in total. The van der Waals surface area contributed by atoms with E-state index in [9.17, 15) is 19.2 Å². The zero-order valence-electron chi connectivity index (χ0n) is 24.0. The molecule has 10 nitrogen and oxygen atoms in total. The molecule has 0 saturated heterocycles. The van der Waals surface area contributed by atoms with Gasteiger partial charge in [0.05, 0.1) is 13.5 Å². The Morgan fingerprint density at radius 3 is 2.08 bits per heavy atom. The number of nitrogens with one attached hydrogen (secondary N) is 2. The molecule has 0 heterocycles. The van der Waals surface area contributed by atoms with Gasteiger partial charge in [0.2, 0.25) is 11.8 Å². The number of alkyl carbamates (subject to hydrolysis) is 1. The van der Waals surface area contributed by atoms with Gasteiger partial charge in [-0.25, -0.2) is 4.79 Å². The number of rotatable bonds is 10. The molecule has 39 heavy (non-hydrogen) atoms. The first-order valence-electron chi connectivity index (χ1n) is 12.7. The van der Waals surface area contributed by atoms with E-state index in [1.165, 1.54) is 4.90 Å². The van der Waals surface area contributed by atoms with Gasteiger partial charge in [0.1, 0.15) is 23.4 Å². The summed E-state index contributed by atoms with van der Waals surface area (Å²) in [5, 5.41) is 5.34. The van der Waals surface area contributed by atoms with Gasteiger partial charge in [-0.05, 0) is 89.4 Å². The van der Waals surface area contributed by atoms with Crippen molar-refractivity contribution in [2.24, 2.45) is 5.73 Å². The summed E-state index contributed by atoms with van der Waals surface area (Å²) in [5.41, 5.74) is 7.63. The normalized spacial score (nSPS) is 12.7. The molecule has 2 rings (SSSR count). The highest BCUT2D eigenvalue weighted by Gasteiger charge is 2.38. The average Bonchev–Trinajstić information content (AvgIpc) is 2.82. The summed E-state index contributed by atoms with van der Waals surface area (Å²) in [6, 6.07) is 9.37. The summed E-state index contributed by atoms with van der Waals surface area (Å²) in [6.45, 7) is 12.4. The number of ether oxygens (including phenoxy) is 2. The number of hydrogen-bond donors (Lipinski definition) is 3. The molecule has 212 valence electrons. The maximum Gasteiger partial charge on any atom is 0.408 e. The van der Waals surface area contributed by atoms with Gasteiger partial charge in [-0.15, -0.1) is 0 Å². The van der Waals surface area contributed by atoms with Crippen molar-refractivity contribution in [2.75, 3.05) is 12.4 Å². The largest absolute Gasteiger partial charge is 0.497 e. The van der Waals surface area contributed by atoms with E-state index in [0.29, 0.717) is 17.0 Å². The van der Waals surface area contributed by atoms with Gasteiger partial charge in [0, 0.05) is 11.7 Å². The third-order valence-electron chi connectivity index (χ3n) is 5.94. The molecule has 0 aliphatic heterocycles. The highest BCUT2D eigenvalue weighted by atomic mass is 16.6. The van der Waals surface area contributed by atoms with Crippen molar-refractivity contribution in [1.29, 1.82) is 0 Å². The second-order valence-electron chi connectivity index (χ2n) is 10.7. The Bertz CT molecular complexity index is 1190. The topological polar surface area (TPSA) is 140 Å². The van der Waals surface area contributed by atoms with Gasteiger partial charge in [-0.2, -0.15) is 0 Å². The van der Waals surface area contributed by atoms with E-state index >= 15 is 0 Å². The number of methoxy groups -OCH3 is 1. The number of primary amides is 1. The second-order valence-corrected chi connectivity index (χ2v) is 10.7. The highest BCUT2D eigenvalue weighted by Crippen LogP contribution is 2.29. The van der Waals surface area contributed by atoms with E-state index in [1.807, 2.05) is 26.0 Å². The van der Waals surface area contributed by atoms with Crippen molar-refractivity contribution in [1.82, 2.24) is 10.2 Å². The van der Waals surface area contributed by atoms with Crippen LogP contribution in [-0.4, -0.2) is 53.5 Å². The lowest BCUT2D eigenvalue weighted by atomic mass is 9.97. The minimum atomic E-state index is -1.34. The number of amides is 4. The SMILES string of the molecule is COc1ccc(NC(=O)C(c2ccc(C)c(C)c2)N(C(=O)C(CC(N)=O)NC(=O)OC(C)(C)C)C(C)C)cc1. The lowest BCUT2D eigenvalue weighted by Crippen LogP contribution is -2.55. The Kier molecular flexibility index (Phi) is 10.5. The summed E-state index contributed by atoms with van der Waals surface area (Å²) in [7, 11) is 1.54. The summed E-state index contributed by atoms with van der Waals surface area (Å²) in [5.74, 6) is -1.29. The molecule has 2 atom stereocenters. The second kappa shape index (κ2) is 13.1. The van der Waals surface area contributed by atoms with Crippen LogP contribution in [0.25, 0.3) is 0 Å². The van der Waals surface area contributed by atoms with E-state index in [0.717, 1.165) is 11.1 Å². The summed E-state index contributed by atoms with van der Waals surface area (Å²) in [4.78, 5) is 53.6. The maximum atomic E-state index is 14.0. The fraction of sp³-hybridized carbons (Fsp3) is 0.448. The molecule has 0 bridgehead atoms. The van der Waals surface area contributed by atoms with E-state index in [2.05, 4.69) is 10.6 Å². The van der Waals surface area contributed by atoms with Crippen molar-refractivity contribution in [3.05, 3.63) is 59.2 Å². The van der Waals surface area contributed by atoms with Crippen LogP contribution in [0.5, 0.6) is 5.75 Å². The van der Waals surface area contributed by atoms with Crippen LogP contribution < -0.4 is 21.1 Å². The number of anilines is 1. The molecule has 0 aromatic heterocycles. The number of hydrogen-bond acceptors (Lipinski definition) is 6. The van der Waals surface area contributed by atoms with Crippen LogP contribution in [-0.2, 0) is 19.1 Å². The minimum Gasteiger partial charge on any atom is -0.497 e. The predicted molar refractivity (Wildman–Crippen MR) is 149 cm³/mol. The molecule has 0 spiro atoms. The van der Waals surface area contributed by atoms with Crippen LogP contribution in [0.4, 0.5) is 10.5 Å². The molecule has 2 aromatic rings. The Balaban J connectivity index is 2.54. The zero-order chi connectivity index (χ0) is 29.5. The minimum absolute atomic E-state index is 0.471. The quantitative estimate of drug-likeness (QED) is 0.416. The van der Waals surface area contributed by atoms with Gasteiger partial charge in [0.15, 0.2) is 0 Å². The Labute approximate surface area is 230 Å². The number of aryl methyl sites for hydroxylation is 2. The Morgan fingerprint density at radius 2 is 1.59 bits per heavy atom. The van der Waals surface area contributed by atoms with Gasteiger partial charge < -0.3 is 30.7 Å². The van der Waals surface area contributed by atoms with E-state index < -0.39 is 54.0 Å². The van der Waals surface area contributed by atoms with Gasteiger partial charge in [-0.1, -0.05) is 18.2 Å². The van der Waals surface area contributed by atoms with Crippen LogP contribution in [0.3, 0.4) is 0 Å². The van der Waals surface area contributed by atoms with Crippen LogP contribution >= 0.6 is 0 Å². The third-order valence-corrected chi connectivity index (χ3v) is 5.94. The van der Waals surface area contributed by atoms with Crippen LogP contribution in [0.15, 0.2) is 42.5 Å². The first kappa shape index (κ1) is 31.1.